The van der Waals surface area contributed by atoms with Crippen LogP contribution in [-0.2, 0) is 4.79 Å². The lowest BCUT2D eigenvalue weighted by Crippen LogP contribution is -2.34. The van der Waals surface area contributed by atoms with E-state index in [4.69, 9.17) is 11.3 Å². The van der Waals surface area contributed by atoms with Gasteiger partial charge < -0.3 is 14.9 Å². The molecule has 2 unspecified atom stereocenters. The van der Waals surface area contributed by atoms with Crippen molar-refractivity contribution in [3.05, 3.63) is 81.0 Å². The van der Waals surface area contributed by atoms with Gasteiger partial charge in [-0.2, -0.15) is 0 Å². The van der Waals surface area contributed by atoms with E-state index in [1.165, 1.54) is 13.2 Å². The number of para-hydroxylation sites is 2. The van der Waals surface area contributed by atoms with E-state index >= 15 is 0 Å². The Morgan fingerprint density at radius 1 is 1.28 bits per heavy atom. The van der Waals surface area contributed by atoms with Gasteiger partial charge in [0.25, 0.3) is 11.9 Å². The van der Waals surface area contributed by atoms with Gasteiger partial charge in [-0.1, -0.05) is 34.1 Å². The number of methoxy groups -OCH3 is 1. The quantitative estimate of drug-likeness (QED) is 0.631. The van der Waals surface area contributed by atoms with Crippen LogP contribution in [0.25, 0.3) is 4.85 Å². The highest BCUT2D eigenvalue weighted by Crippen LogP contribution is 2.39. The van der Waals surface area contributed by atoms with Crippen LogP contribution >= 0.6 is 15.9 Å². The monoisotopic (exact) mass is 455 g/mol. The minimum Gasteiger partial charge on any atom is -0.495 e. The molecule has 0 aromatic heterocycles. The van der Waals surface area contributed by atoms with Crippen molar-refractivity contribution in [3.8, 4) is 5.75 Å². The van der Waals surface area contributed by atoms with Gasteiger partial charge in [0.2, 0.25) is 0 Å². The SMILES string of the molecule is [C-]#[N+]C1C(C)=NC(C)=C(C(=O)Nc2ccccc2OC)C1c1ccc(Br)cc1F. The molecule has 0 saturated carbocycles. The number of nitrogens with zero attached hydrogens (tertiary/aromatic N) is 2. The second-order valence-electron chi connectivity index (χ2n) is 6.62. The first-order chi connectivity index (χ1) is 13.9. The Hall–Kier alpha value is -2.98. The maximum absolute atomic E-state index is 14.8. The van der Waals surface area contributed by atoms with Crippen LogP contribution in [0.5, 0.6) is 5.75 Å². The fourth-order valence-corrected chi connectivity index (χ4v) is 3.84. The Morgan fingerprint density at radius 3 is 2.66 bits per heavy atom. The number of halogens is 2. The average Bonchev–Trinajstić information content (AvgIpc) is 2.68. The molecule has 2 aromatic carbocycles. The number of carbonyl (C=O) groups is 1. The number of hydrogen-bond donors (Lipinski definition) is 1. The standard InChI is InChI=1S/C22H19BrFN3O2/c1-12-19(22(28)27-17-7-5-6-8-18(17)29-4)20(21(25-3)13(2)26-12)15-10-9-14(23)11-16(15)24/h5-11,20-21H,1-2,4H3,(H,27,28). The molecule has 7 heteroatoms. The van der Waals surface area contributed by atoms with Gasteiger partial charge in [0, 0.05) is 15.7 Å². The van der Waals surface area contributed by atoms with E-state index in [9.17, 15) is 9.18 Å². The van der Waals surface area contributed by atoms with Crippen LogP contribution in [0.1, 0.15) is 25.3 Å². The molecule has 1 amide bonds. The van der Waals surface area contributed by atoms with Crippen molar-refractivity contribution in [2.45, 2.75) is 25.8 Å². The van der Waals surface area contributed by atoms with Crippen molar-refractivity contribution in [1.29, 1.82) is 0 Å². The van der Waals surface area contributed by atoms with Gasteiger partial charge in [-0.25, -0.2) is 11.0 Å². The number of allylic oxidation sites excluding steroid dienone is 1. The fourth-order valence-electron chi connectivity index (χ4n) is 3.51. The molecule has 29 heavy (non-hydrogen) atoms. The summed E-state index contributed by atoms with van der Waals surface area (Å²) in [5.41, 5.74) is 2.05. The Bertz CT molecular complexity index is 1070. The summed E-state index contributed by atoms with van der Waals surface area (Å²) < 4.78 is 20.7. The third-order valence-electron chi connectivity index (χ3n) is 4.83. The summed E-state index contributed by atoms with van der Waals surface area (Å²) in [6, 6.07) is 10.9. The number of amides is 1. The fraction of sp³-hybridized carbons (Fsp3) is 0.227. The molecule has 1 N–H and O–H groups in total. The van der Waals surface area contributed by atoms with Crippen LogP contribution in [0.2, 0.25) is 0 Å². The zero-order valence-electron chi connectivity index (χ0n) is 16.2. The van der Waals surface area contributed by atoms with E-state index in [0.29, 0.717) is 27.3 Å². The molecule has 1 aliphatic heterocycles. The summed E-state index contributed by atoms with van der Waals surface area (Å²) in [6.45, 7) is 11.1. The minimum atomic E-state index is -0.771. The smallest absolute Gasteiger partial charge is 0.272 e. The molecule has 0 spiro atoms. The Labute approximate surface area is 177 Å². The number of carbonyl (C=O) groups excluding carboxylic acids is 1. The van der Waals surface area contributed by atoms with Crippen LogP contribution in [0, 0.1) is 12.4 Å². The number of aliphatic imine (C=N–C) groups is 1. The van der Waals surface area contributed by atoms with E-state index in [1.807, 2.05) is 0 Å². The molecule has 0 aliphatic carbocycles. The van der Waals surface area contributed by atoms with Crippen molar-refractivity contribution in [3.63, 3.8) is 0 Å². The van der Waals surface area contributed by atoms with Crippen LogP contribution in [0.15, 0.2) is 63.2 Å². The summed E-state index contributed by atoms with van der Waals surface area (Å²) in [5.74, 6) is -1.19. The molecule has 1 heterocycles. The van der Waals surface area contributed by atoms with Gasteiger partial charge >= 0.3 is 0 Å². The third-order valence-corrected chi connectivity index (χ3v) is 5.32. The van der Waals surface area contributed by atoms with Crippen LogP contribution in [0.3, 0.4) is 0 Å². The first kappa shape index (κ1) is 20.7. The topological polar surface area (TPSA) is 55.0 Å². The highest BCUT2D eigenvalue weighted by atomic mass is 79.9. The highest BCUT2D eigenvalue weighted by Gasteiger charge is 2.42. The number of ether oxygens (including phenoxy) is 1. The molecular weight excluding hydrogens is 437 g/mol. The summed E-state index contributed by atoms with van der Waals surface area (Å²) >= 11 is 3.25. The number of anilines is 1. The van der Waals surface area contributed by atoms with Crippen LogP contribution < -0.4 is 10.1 Å². The average molecular weight is 456 g/mol. The van der Waals surface area contributed by atoms with Gasteiger partial charge in [0.05, 0.1) is 24.1 Å². The predicted octanol–water partition coefficient (Wildman–Crippen LogP) is 5.36. The van der Waals surface area contributed by atoms with Crippen LogP contribution in [-0.4, -0.2) is 24.8 Å². The van der Waals surface area contributed by atoms with Crippen LogP contribution in [0.4, 0.5) is 10.1 Å². The summed E-state index contributed by atoms with van der Waals surface area (Å²) in [5, 5.41) is 2.83. The zero-order chi connectivity index (χ0) is 21.1. The second-order valence-corrected chi connectivity index (χ2v) is 7.54. The van der Waals surface area contributed by atoms with E-state index in [0.717, 1.165) is 0 Å². The lowest BCUT2D eigenvalue weighted by molar-refractivity contribution is -0.113. The molecule has 0 saturated heterocycles. The largest absolute Gasteiger partial charge is 0.495 e. The number of benzene rings is 2. The van der Waals surface area contributed by atoms with E-state index in [1.54, 1.807) is 50.2 Å². The minimum absolute atomic E-state index is 0.267. The van der Waals surface area contributed by atoms with Crippen molar-refractivity contribution in [1.82, 2.24) is 0 Å². The second kappa shape index (κ2) is 8.58. The summed E-state index contributed by atoms with van der Waals surface area (Å²) in [6.07, 6.45) is 0. The maximum Gasteiger partial charge on any atom is 0.272 e. The lowest BCUT2D eigenvalue weighted by atomic mass is 9.79. The highest BCUT2D eigenvalue weighted by molar-refractivity contribution is 9.10. The molecule has 148 valence electrons. The third kappa shape index (κ3) is 4.08. The van der Waals surface area contributed by atoms with Crippen molar-refractivity contribution >= 4 is 33.2 Å². The van der Waals surface area contributed by atoms with Gasteiger partial charge in [0.1, 0.15) is 17.5 Å². The first-order valence-electron chi connectivity index (χ1n) is 8.89. The molecule has 2 atom stereocenters. The molecule has 0 radical (unpaired) electrons. The Kier molecular flexibility index (Phi) is 6.14. The zero-order valence-corrected chi connectivity index (χ0v) is 17.7. The summed E-state index contributed by atoms with van der Waals surface area (Å²) in [7, 11) is 1.51. The number of nitrogens with one attached hydrogen (secondary N) is 1. The lowest BCUT2D eigenvalue weighted by Gasteiger charge is -2.27. The van der Waals surface area contributed by atoms with Crippen molar-refractivity contribution in [2.75, 3.05) is 12.4 Å². The molecule has 2 aromatic rings. The Balaban J connectivity index is 2.10. The molecule has 1 aliphatic rings. The Morgan fingerprint density at radius 2 is 2.00 bits per heavy atom. The summed E-state index contributed by atoms with van der Waals surface area (Å²) in [4.78, 5) is 21.3. The molecule has 0 bridgehead atoms. The molecule has 5 nitrogen and oxygen atoms in total. The molecule has 3 rings (SSSR count). The van der Waals surface area contributed by atoms with E-state index in [2.05, 4.69) is 31.1 Å². The van der Waals surface area contributed by atoms with Crippen molar-refractivity contribution < 1.29 is 13.9 Å². The van der Waals surface area contributed by atoms with Gasteiger partial charge in [-0.3, -0.25) is 9.79 Å². The van der Waals surface area contributed by atoms with Crippen molar-refractivity contribution in [2.24, 2.45) is 4.99 Å². The van der Waals surface area contributed by atoms with E-state index in [-0.39, 0.29) is 11.1 Å². The van der Waals surface area contributed by atoms with Gasteiger partial charge in [-0.15, -0.1) is 0 Å². The predicted molar refractivity (Wildman–Crippen MR) is 115 cm³/mol. The van der Waals surface area contributed by atoms with Gasteiger partial charge in [0.15, 0.2) is 0 Å². The van der Waals surface area contributed by atoms with E-state index < -0.39 is 23.7 Å². The van der Waals surface area contributed by atoms with Gasteiger partial charge in [-0.05, 0) is 38.1 Å². The number of hydrogen-bond acceptors (Lipinski definition) is 3. The maximum atomic E-state index is 14.8. The molecule has 0 fully saturated rings. The normalized spacial score (nSPS) is 18.7. The molecular formula is C22H19BrFN3O2. The number of rotatable bonds is 4. The first-order valence-corrected chi connectivity index (χ1v) is 9.68.